The maximum Gasteiger partial charge on any atom is 0.0168 e. The highest BCUT2D eigenvalue weighted by molar-refractivity contribution is 7.99. The van der Waals surface area contributed by atoms with E-state index in [9.17, 15) is 0 Å². The minimum Gasteiger partial charge on any atom is -0.327 e. The van der Waals surface area contributed by atoms with E-state index in [1.54, 1.807) is 0 Å². The molecule has 0 bridgehead atoms. The first-order chi connectivity index (χ1) is 5.83. The van der Waals surface area contributed by atoms with E-state index >= 15 is 0 Å². The topological polar surface area (TPSA) is 29.3 Å². The molecule has 2 N–H and O–H groups in total. The number of nitrogens with zero attached hydrogens (tertiary/aromatic N) is 1. The van der Waals surface area contributed by atoms with Crippen LogP contribution in [0.5, 0.6) is 0 Å². The monoisotopic (exact) mass is 188 g/mol. The summed E-state index contributed by atoms with van der Waals surface area (Å²) in [6, 6.07) is 0.436. The minimum absolute atomic E-state index is 0.436. The summed E-state index contributed by atoms with van der Waals surface area (Å²) in [5, 5.41) is 0. The molecule has 0 aromatic carbocycles. The van der Waals surface area contributed by atoms with Crippen LogP contribution in [0.3, 0.4) is 0 Å². The lowest BCUT2D eigenvalue weighted by atomic mass is 10.1. The lowest BCUT2D eigenvalue weighted by Gasteiger charge is -2.30. The summed E-state index contributed by atoms with van der Waals surface area (Å²) in [4.78, 5) is 2.50. The summed E-state index contributed by atoms with van der Waals surface area (Å²) < 4.78 is 0. The van der Waals surface area contributed by atoms with Crippen molar-refractivity contribution >= 4 is 11.8 Å². The SMILES string of the molecule is CCSCCN1CCC[C@@H](N)C1. The van der Waals surface area contributed by atoms with Crippen molar-refractivity contribution in [3.05, 3.63) is 0 Å². The fourth-order valence-electron chi connectivity index (χ4n) is 1.63. The second-order valence-corrected chi connectivity index (χ2v) is 4.79. The van der Waals surface area contributed by atoms with Crippen molar-refractivity contribution in [2.45, 2.75) is 25.8 Å². The van der Waals surface area contributed by atoms with Crippen LogP contribution in [0, 0.1) is 0 Å². The summed E-state index contributed by atoms with van der Waals surface area (Å²) in [7, 11) is 0. The van der Waals surface area contributed by atoms with Crippen molar-refractivity contribution in [1.82, 2.24) is 4.90 Å². The van der Waals surface area contributed by atoms with Crippen LogP contribution in [-0.4, -0.2) is 42.1 Å². The predicted molar refractivity (Wildman–Crippen MR) is 56.6 cm³/mol. The third-order valence-electron chi connectivity index (χ3n) is 2.30. The zero-order valence-corrected chi connectivity index (χ0v) is 8.78. The van der Waals surface area contributed by atoms with Gasteiger partial charge in [-0.25, -0.2) is 0 Å². The molecule has 0 aromatic heterocycles. The van der Waals surface area contributed by atoms with Gasteiger partial charge in [0.1, 0.15) is 0 Å². The van der Waals surface area contributed by atoms with Crippen molar-refractivity contribution < 1.29 is 0 Å². The van der Waals surface area contributed by atoms with Crippen LogP contribution in [0.2, 0.25) is 0 Å². The van der Waals surface area contributed by atoms with Gasteiger partial charge in [0.25, 0.3) is 0 Å². The molecule has 1 saturated heterocycles. The van der Waals surface area contributed by atoms with E-state index in [4.69, 9.17) is 5.73 Å². The summed E-state index contributed by atoms with van der Waals surface area (Å²) >= 11 is 2.02. The van der Waals surface area contributed by atoms with Crippen LogP contribution in [0.25, 0.3) is 0 Å². The zero-order chi connectivity index (χ0) is 8.81. The Morgan fingerprint density at radius 2 is 2.42 bits per heavy atom. The van der Waals surface area contributed by atoms with E-state index in [-0.39, 0.29) is 0 Å². The maximum absolute atomic E-state index is 5.88. The molecule has 0 aromatic rings. The van der Waals surface area contributed by atoms with Gasteiger partial charge >= 0.3 is 0 Å². The Hall–Kier alpha value is 0.270. The van der Waals surface area contributed by atoms with E-state index in [0.717, 1.165) is 6.54 Å². The molecule has 72 valence electrons. The molecule has 3 heteroatoms. The average Bonchev–Trinajstić information content (AvgIpc) is 2.05. The molecule has 0 saturated carbocycles. The molecule has 0 aliphatic carbocycles. The number of nitrogens with two attached hydrogens (primary N) is 1. The van der Waals surface area contributed by atoms with E-state index in [0.29, 0.717) is 6.04 Å². The molecule has 0 spiro atoms. The largest absolute Gasteiger partial charge is 0.327 e. The van der Waals surface area contributed by atoms with Crippen LogP contribution in [0.4, 0.5) is 0 Å². The Bertz CT molecular complexity index is 119. The summed E-state index contributed by atoms with van der Waals surface area (Å²) in [5.41, 5.74) is 5.88. The lowest BCUT2D eigenvalue weighted by molar-refractivity contribution is 0.221. The highest BCUT2D eigenvalue weighted by Gasteiger charge is 2.15. The number of hydrogen-bond acceptors (Lipinski definition) is 3. The van der Waals surface area contributed by atoms with Crippen LogP contribution < -0.4 is 5.73 Å². The van der Waals surface area contributed by atoms with E-state index in [1.165, 1.54) is 37.4 Å². The number of hydrogen-bond donors (Lipinski definition) is 1. The fraction of sp³-hybridized carbons (Fsp3) is 1.00. The van der Waals surface area contributed by atoms with Gasteiger partial charge < -0.3 is 10.6 Å². The van der Waals surface area contributed by atoms with Gasteiger partial charge in [0.15, 0.2) is 0 Å². The first-order valence-corrected chi connectivity index (χ1v) is 6.04. The Morgan fingerprint density at radius 1 is 1.58 bits per heavy atom. The van der Waals surface area contributed by atoms with Crippen LogP contribution in [0.1, 0.15) is 19.8 Å². The summed E-state index contributed by atoms with van der Waals surface area (Å²) in [6.45, 7) is 5.82. The molecule has 0 amide bonds. The standard InChI is InChI=1S/C9H20N2S/c1-2-12-7-6-11-5-3-4-9(10)8-11/h9H,2-8,10H2,1H3/t9-/m1/s1. The molecule has 1 aliphatic heterocycles. The molecule has 1 aliphatic rings. The van der Waals surface area contributed by atoms with Crippen LogP contribution in [0.15, 0.2) is 0 Å². The van der Waals surface area contributed by atoms with E-state index in [1.807, 2.05) is 11.8 Å². The Kier molecular flexibility index (Phi) is 5.04. The average molecular weight is 188 g/mol. The molecular formula is C9H20N2S. The number of thioether (sulfide) groups is 1. The highest BCUT2D eigenvalue weighted by Crippen LogP contribution is 2.09. The van der Waals surface area contributed by atoms with Gasteiger partial charge in [-0.15, -0.1) is 0 Å². The number of piperidine rings is 1. The van der Waals surface area contributed by atoms with E-state index in [2.05, 4.69) is 11.8 Å². The number of likely N-dealkylation sites (tertiary alicyclic amines) is 1. The third kappa shape index (κ3) is 3.78. The Balaban J connectivity index is 2.06. The number of rotatable bonds is 4. The zero-order valence-electron chi connectivity index (χ0n) is 7.96. The van der Waals surface area contributed by atoms with Gasteiger partial charge in [-0.1, -0.05) is 6.92 Å². The molecule has 1 heterocycles. The first-order valence-electron chi connectivity index (χ1n) is 4.88. The van der Waals surface area contributed by atoms with Gasteiger partial charge in [0.2, 0.25) is 0 Å². The van der Waals surface area contributed by atoms with Crippen LogP contribution >= 0.6 is 11.8 Å². The van der Waals surface area contributed by atoms with Crippen molar-refractivity contribution in [1.29, 1.82) is 0 Å². The maximum atomic E-state index is 5.88. The Morgan fingerprint density at radius 3 is 3.08 bits per heavy atom. The van der Waals surface area contributed by atoms with E-state index < -0.39 is 0 Å². The molecule has 1 rings (SSSR count). The molecule has 1 fully saturated rings. The van der Waals surface area contributed by atoms with Crippen LogP contribution in [-0.2, 0) is 0 Å². The normalized spacial score (nSPS) is 26.0. The summed E-state index contributed by atoms with van der Waals surface area (Å²) in [6.07, 6.45) is 2.51. The molecule has 1 atom stereocenters. The molecule has 12 heavy (non-hydrogen) atoms. The van der Waals surface area contributed by atoms with Crippen molar-refractivity contribution in [2.75, 3.05) is 31.1 Å². The minimum atomic E-state index is 0.436. The third-order valence-corrected chi connectivity index (χ3v) is 3.18. The van der Waals surface area contributed by atoms with Crippen molar-refractivity contribution in [2.24, 2.45) is 5.73 Å². The second kappa shape index (κ2) is 5.84. The lowest BCUT2D eigenvalue weighted by Crippen LogP contribution is -2.43. The molecule has 0 radical (unpaired) electrons. The van der Waals surface area contributed by atoms with Crippen molar-refractivity contribution in [3.63, 3.8) is 0 Å². The first kappa shape index (κ1) is 10.4. The quantitative estimate of drug-likeness (QED) is 0.671. The molecule has 0 unspecified atom stereocenters. The molecule has 2 nitrogen and oxygen atoms in total. The Labute approximate surface area is 79.9 Å². The highest BCUT2D eigenvalue weighted by atomic mass is 32.2. The summed E-state index contributed by atoms with van der Waals surface area (Å²) in [5.74, 6) is 2.50. The van der Waals surface area contributed by atoms with Gasteiger partial charge in [-0.05, 0) is 25.1 Å². The second-order valence-electron chi connectivity index (χ2n) is 3.40. The molecular weight excluding hydrogens is 168 g/mol. The fourth-order valence-corrected chi connectivity index (χ4v) is 2.31. The smallest absolute Gasteiger partial charge is 0.0168 e. The van der Waals surface area contributed by atoms with Gasteiger partial charge in [-0.2, -0.15) is 11.8 Å². The predicted octanol–water partition coefficient (Wildman–Crippen LogP) is 1.16. The van der Waals surface area contributed by atoms with Gasteiger partial charge in [0.05, 0.1) is 0 Å². The van der Waals surface area contributed by atoms with Crippen molar-refractivity contribution in [3.8, 4) is 0 Å². The van der Waals surface area contributed by atoms with Gasteiger partial charge in [-0.3, -0.25) is 0 Å². The van der Waals surface area contributed by atoms with Gasteiger partial charge in [0, 0.05) is 24.9 Å².